The largest absolute Gasteiger partial charge is 0.491 e. The zero-order chi connectivity index (χ0) is 28.5. The molecule has 3 heterocycles. The Labute approximate surface area is 236 Å². The van der Waals surface area contributed by atoms with E-state index in [1.54, 1.807) is 24.3 Å². The summed E-state index contributed by atoms with van der Waals surface area (Å²) in [6.45, 7) is 1.34. The van der Waals surface area contributed by atoms with Crippen molar-refractivity contribution in [2.45, 2.75) is 46.8 Å². The highest BCUT2D eigenvalue weighted by atomic mass is 32.2. The van der Waals surface area contributed by atoms with Gasteiger partial charge in [0.1, 0.15) is 18.5 Å². The van der Waals surface area contributed by atoms with Crippen molar-refractivity contribution in [2.75, 3.05) is 39.9 Å². The number of hydrogen-bond donors (Lipinski definition) is 4. The number of fused-ring (bicyclic) bond motifs is 1. The summed E-state index contributed by atoms with van der Waals surface area (Å²) in [5.74, 6) is 0.337. The molecule has 2 saturated heterocycles. The van der Waals surface area contributed by atoms with E-state index in [1.165, 1.54) is 29.6 Å². The molecule has 0 bridgehead atoms. The maximum absolute atomic E-state index is 13.2. The molecule has 15 heteroatoms. The number of benzene rings is 2. The number of aromatic nitrogens is 1. The quantitative estimate of drug-likeness (QED) is 0.259. The molecule has 0 radical (unpaired) electrons. The SMILES string of the molecule is CNS(=O)(=O)c1cccc(OCC(O)CNC2COC3(CCN(S(=O)(=O)c4ccc5[nH]c(=O)sc5c4)CC3)C2)c1. The summed E-state index contributed by atoms with van der Waals surface area (Å²) in [7, 11) is -5.96. The van der Waals surface area contributed by atoms with E-state index in [0.29, 0.717) is 54.9 Å². The van der Waals surface area contributed by atoms with Crippen molar-refractivity contribution in [3.63, 3.8) is 0 Å². The van der Waals surface area contributed by atoms with Crippen molar-refractivity contribution in [2.24, 2.45) is 0 Å². The van der Waals surface area contributed by atoms with E-state index in [0.717, 1.165) is 11.3 Å². The molecule has 0 aliphatic carbocycles. The average molecular weight is 613 g/mol. The smallest absolute Gasteiger partial charge is 0.305 e. The Kier molecular flexibility index (Phi) is 8.37. The third kappa shape index (κ3) is 6.26. The lowest BCUT2D eigenvalue weighted by Gasteiger charge is -2.38. The van der Waals surface area contributed by atoms with Crippen LogP contribution in [-0.2, 0) is 24.8 Å². The minimum Gasteiger partial charge on any atom is -0.491 e. The number of rotatable bonds is 10. The molecule has 1 aromatic heterocycles. The summed E-state index contributed by atoms with van der Waals surface area (Å²) in [6, 6.07) is 10.7. The van der Waals surface area contributed by atoms with Gasteiger partial charge >= 0.3 is 4.87 Å². The molecule has 5 rings (SSSR count). The fourth-order valence-electron chi connectivity index (χ4n) is 5.10. The lowest BCUT2D eigenvalue weighted by molar-refractivity contribution is -0.0312. The van der Waals surface area contributed by atoms with Crippen LogP contribution in [0.15, 0.2) is 57.1 Å². The van der Waals surface area contributed by atoms with Crippen molar-refractivity contribution in [3.8, 4) is 5.75 Å². The molecule has 2 unspecified atom stereocenters. The normalized spacial score (nSPS) is 20.7. The first kappa shape index (κ1) is 29.1. The van der Waals surface area contributed by atoms with Gasteiger partial charge in [0.15, 0.2) is 0 Å². The highest BCUT2D eigenvalue weighted by Gasteiger charge is 2.44. The number of nitrogens with zero attached hydrogens (tertiary/aromatic N) is 1. The maximum atomic E-state index is 13.2. The molecular weight excluding hydrogens is 580 g/mol. The van der Waals surface area contributed by atoms with Crippen LogP contribution < -0.4 is 19.6 Å². The molecule has 0 amide bonds. The number of aromatic amines is 1. The molecule has 40 heavy (non-hydrogen) atoms. The number of nitrogens with one attached hydrogen (secondary N) is 3. The first-order valence-electron chi connectivity index (χ1n) is 12.8. The van der Waals surface area contributed by atoms with Crippen LogP contribution in [0.1, 0.15) is 19.3 Å². The van der Waals surface area contributed by atoms with E-state index in [1.807, 2.05) is 0 Å². The number of aliphatic hydroxyl groups is 1. The van der Waals surface area contributed by atoms with Crippen LogP contribution >= 0.6 is 11.3 Å². The van der Waals surface area contributed by atoms with E-state index in [-0.39, 0.29) is 33.9 Å². The Balaban J connectivity index is 1.09. The lowest BCUT2D eigenvalue weighted by atomic mass is 9.88. The van der Waals surface area contributed by atoms with Gasteiger partial charge in [-0.1, -0.05) is 17.4 Å². The molecule has 0 saturated carbocycles. The summed E-state index contributed by atoms with van der Waals surface area (Å²) in [4.78, 5) is 14.3. The highest BCUT2D eigenvalue weighted by Crippen LogP contribution is 2.37. The summed E-state index contributed by atoms with van der Waals surface area (Å²) >= 11 is 0.984. The van der Waals surface area contributed by atoms with Gasteiger partial charge in [-0.05, 0) is 56.6 Å². The minimum atomic E-state index is -3.70. The molecule has 218 valence electrons. The zero-order valence-electron chi connectivity index (χ0n) is 21.8. The van der Waals surface area contributed by atoms with Crippen molar-refractivity contribution >= 4 is 41.6 Å². The molecule has 2 atom stereocenters. The summed E-state index contributed by atoms with van der Waals surface area (Å²) in [6.07, 6.45) is 0.981. The Morgan fingerprint density at radius 1 is 1.18 bits per heavy atom. The van der Waals surface area contributed by atoms with Crippen LogP contribution in [0, 0.1) is 0 Å². The number of sulfonamides is 2. The minimum absolute atomic E-state index is 0.000629. The predicted molar refractivity (Wildman–Crippen MR) is 150 cm³/mol. The third-order valence-corrected chi connectivity index (χ3v) is 11.5. The van der Waals surface area contributed by atoms with Gasteiger partial charge < -0.3 is 24.9 Å². The van der Waals surface area contributed by atoms with Crippen molar-refractivity contribution in [1.29, 1.82) is 0 Å². The predicted octanol–water partition coefficient (Wildman–Crippen LogP) is 0.839. The monoisotopic (exact) mass is 612 g/mol. The van der Waals surface area contributed by atoms with Gasteiger partial charge in [0.05, 0.1) is 32.2 Å². The van der Waals surface area contributed by atoms with Crippen LogP contribution in [0.5, 0.6) is 5.75 Å². The van der Waals surface area contributed by atoms with E-state index >= 15 is 0 Å². The second-order valence-electron chi connectivity index (χ2n) is 10.0. The van der Waals surface area contributed by atoms with Gasteiger partial charge in [-0.3, -0.25) is 4.79 Å². The molecule has 2 aromatic carbocycles. The fraction of sp³-hybridized carbons (Fsp3) is 0.480. The second kappa shape index (κ2) is 11.5. The highest BCUT2D eigenvalue weighted by molar-refractivity contribution is 7.89. The molecular formula is C25H32N4O8S3. The van der Waals surface area contributed by atoms with E-state index in [4.69, 9.17) is 9.47 Å². The summed E-state index contributed by atoms with van der Waals surface area (Å²) in [5, 5.41) is 13.7. The Bertz CT molecular complexity index is 1630. The van der Waals surface area contributed by atoms with Gasteiger partial charge in [-0.15, -0.1) is 0 Å². The number of aliphatic hydroxyl groups excluding tert-OH is 1. The van der Waals surface area contributed by atoms with Crippen molar-refractivity contribution in [1.82, 2.24) is 19.3 Å². The van der Waals surface area contributed by atoms with Gasteiger partial charge in [0, 0.05) is 31.7 Å². The van der Waals surface area contributed by atoms with E-state index < -0.39 is 31.8 Å². The number of hydrogen-bond acceptors (Lipinski definition) is 10. The third-order valence-electron chi connectivity index (χ3n) is 7.34. The van der Waals surface area contributed by atoms with Crippen molar-refractivity contribution in [3.05, 3.63) is 52.1 Å². The Hall–Kier alpha value is -2.37. The van der Waals surface area contributed by atoms with E-state index in [2.05, 4.69) is 15.0 Å². The van der Waals surface area contributed by atoms with E-state index in [9.17, 15) is 26.7 Å². The maximum Gasteiger partial charge on any atom is 0.305 e. The molecule has 2 fully saturated rings. The van der Waals surface area contributed by atoms with Crippen LogP contribution in [0.4, 0.5) is 0 Å². The van der Waals surface area contributed by atoms with Crippen LogP contribution in [0.25, 0.3) is 10.2 Å². The Morgan fingerprint density at radius 2 is 1.95 bits per heavy atom. The number of ether oxygens (including phenoxy) is 2. The summed E-state index contributed by atoms with van der Waals surface area (Å²) < 4.78 is 66.5. The van der Waals surface area contributed by atoms with Crippen molar-refractivity contribution < 1.29 is 31.4 Å². The summed E-state index contributed by atoms with van der Waals surface area (Å²) in [5.41, 5.74) is 0.199. The van der Waals surface area contributed by atoms with Gasteiger partial charge in [0.2, 0.25) is 20.0 Å². The van der Waals surface area contributed by atoms with Gasteiger partial charge in [0.25, 0.3) is 0 Å². The average Bonchev–Trinajstić information content (AvgIpc) is 3.52. The zero-order valence-corrected chi connectivity index (χ0v) is 24.3. The second-order valence-corrected chi connectivity index (χ2v) is 14.9. The lowest BCUT2D eigenvalue weighted by Crippen LogP contribution is -2.47. The number of piperidine rings is 1. The van der Waals surface area contributed by atoms with Gasteiger partial charge in [-0.25, -0.2) is 21.6 Å². The molecule has 4 N–H and O–H groups in total. The molecule has 3 aromatic rings. The fourth-order valence-corrected chi connectivity index (χ4v) is 8.18. The molecule has 12 nitrogen and oxygen atoms in total. The van der Waals surface area contributed by atoms with Gasteiger partial charge in [-0.2, -0.15) is 4.31 Å². The first-order chi connectivity index (χ1) is 19.0. The number of H-pyrrole nitrogens is 1. The Morgan fingerprint density at radius 3 is 2.70 bits per heavy atom. The molecule has 2 aliphatic rings. The van der Waals surface area contributed by atoms with Crippen LogP contribution in [0.3, 0.4) is 0 Å². The van der Waals surface area contributed by atoms with Crippen LogP contribution in [-0.4, -0.2) is 88.9 Å². The number of thiazole rings is 1. The topological polar surface area (TPSA) is 167 Å². The van der Waals surface area contributed by atoms with Crippen LogP contribution in [0.2, 0.25) is 0 Å². The first-order valence-corrected chi connectivity index (χ1v) is 16.6. The molecule has 2 aliphatic heterocycles. The standard InChI is InChI=1S/C25H32N4O8S3/c1-26-39(32,33)20-4-2-3-19(11-20)36-16-18(30)14-27-17-13-25(37-15-17)7-9-29(10-8-25)40(34,35)21-5-6-22-23(12-21)38-24(31)28-22/h2-6,11-12,17-18,26-27,30H,7-10,13-16H2,1H3,(H,28,31). The molecule has 1 spiro atoms.